The molecule has 0 saturated carbocycles. The minimum atomic E-state index is -1.13. The third kappa shape index (κ3) is 3.34. The van der Waals surface area contributed by atoms with Crippen LogP contribution in [-0.2, 0) is 0 Å². The average Bonchev–Trinajstić information content (AvgIpc) is 2.41. The van der Waals surface area contributed by atoms with Crippen LogP contribution in [0.2, 0.25) is 5.15 Å². The number of amides is 1. The number of nitrogens with zero attached hydrogens (tertiary/aromatic N) is 1. The van der Waals surface area contributed by atoms with Gasteiger partial charge in [0.1, 0.15) is 5.15 Å². The average molecular weight is 356 g/mol. The molecule has 2 N–H and O–H groups in total. The van der Waals surface area contributed by atoms with E-state index in [0.29, 0.717) is 4.47 Å². The minimum Gasteiger partial charge on any atom is -0.478 e. The number of carbonyl (C=O) groups is 2. The number of rotatable bonds is 3. The van der Waals surface area contributed by atoms with Gasteiger partial charge in [0.2, 0.25) is 0 Å². The first-order valence-electron chi connectivity index (χ1n) is 5.43. The van der Waals surface area contributed by atoms with Crippen LogP contribution in [0.5, 0.6) is 0 Å². The van der Waals surface area contributed by atoms with Gasteiger partial charge >= 0.3 is 5.97 Å². The first-order chi connectivity index (χ1) is 9.47. The van der Waals surface area contributed by atoms with Gasteiger partial charge in [-0.2, -0.15) is 0 Å². The van der Waals surface area contributed by atoms with Crippen LogP contribution in [0.15, 0.2) is 41.0 Å². The molecule has 0 aliphatic carbocycles. The number of anilines is 1. The van der Waals surface area contributed by atoms with Gasteiger partial charge in [0.15, 0.2) is 0 Å². The summed E-state index contributed by atoms with van der Waals surface area (Å²) in [6, 6.07) is 7.55. The molecular weight excluding hydrogens is 348 g/mol. The van der Waals surface area contributed by atoms with Crippen molar-refractivity contribution in [2.24, 2.45) is 0 Å². The molecule has 0 fully saturated rings. The van der Waals surface area contributed by atoms with Crippen molar-refractivity contribution in [1.29, 1.82) is 0 Å². The van der Waals surface area contributed by atoms with E-state index in [9.17, 15) is 9.59 Å². The first kappa shape index (κ1) is 14.5. The number of carboxylic acids is 1. The Morgan fingerprint density at radius 3 is 2.60 bits per heavy atom. The summed E-state index contributed by atoms with van der Waals surface area (Å²) in [6.07, 6.45) is 1.32. The number of pyridine rings is 1. The van der Waals surface area contributed by atoms with Crippen LogP contribution in [-0.4, -0.2) is 22.0 Å². The van der Waals surface area contributed by atoms with Crippen molar-refractivity contribution < 1.29 is 14.7 Å². The lowest BCUT2D eigenvalue weighted by Gasteiger charge is -2.08. The Bertz CT molecular complexity index is 674. The Kier molecular flexibility index (Phi) is 4.36. The number of aromatic nitrogens is 1. The van der Waals surface area contributed by atoms with Gasteiger partial charge in [-0.1, -0.05) is 27.5 Å². The summed E-state index contributed by atoms with van der Waals surface area (Å²) in [5.41, 5.74) is 0.490. The van der Waals surface area contributed by atoms with Crippen LogP contribution in [0.25, 0.3) is 0 Å². The van der Waals surface area contributed by atoms with Crippen molar-refractivity contribution in [2.45, 2.75) is 0 Å². The third-order valence-electron chi connectivity index (χ3n) is 2.45. The Morgan fingerprint density at radius 1 is 1.25 bits per heavy atom. The second kappa shape index (κ2) is 6.02. The number of aromatic carboxylic acids is 1. The highest BCUT2D eigenvalue weighted by Crippen LogP contribution is 2.21. The molecule has 2 aromatic rings. The van der Waals surface area contributed by atoms with Crippen LogP contribution in [0.4, 0.5) is 5.69 Å². The van der Waals surface area contributed by atoms with Gasteiger partial charge in [-0.05, 0) is 30.3 Å². The van der Waals surface area contributed by atoms with Crippen molar-refractivity contribution in [3.05, 3.63) is 57.3 Å². The fourth-order valence-corrected chi connectivity index (χ4v) is 1.98. The molecule has 0 aliphatic rings. The zero-order chi connectivity index (χ0) is 14.7. The number of hydrogen-bond donors (Lipinski definition) is 2. The van der Waals surface area contributed by atoms with Gasteiger partial charge in [0.05, 0.1) is 16.8 Å². The second-order valence-corrected chi connectivity index (χ2v) is 5.12. The molecule has 2 rings (SSSR count). The summed E-state index contributed by atoms with van der Waals surface area (Å²) >= 11 is 8.82. The maximum atomic E-state index is 12.0. The van der Waals surface area contributed by atoms with Gasteiger partial charge in [0.25, 0.3) is 5.91 Å². The molecule has 1 amide bonds. The molecule has 20 heavy (non-hydrogen) atoms. The van der Waals surface area contributed by atoms with Crippen molar-refractivity contribution in [1.82, 2.24) is 4.98 Å². The summed E-state index contributed by atoms with van der Waals surface area (Å²) in [4.78, 5) is 26.9. The number of nitrogens with one attached hydrogen (secondary N) is 1. The lowest BCUT2D eigenvalue weighted by Crippen LogP contribution is -2.15. The molecule has 0 aliphatic heterocycles. The second-order valence-electron chi connectivity index (χ2n) is 3.82. The minimum absolute atomic E-state index is 0.00496. The van der Waals surface area contributed by atoms with Gasteiger partial charge < -0.3 is 10.4 Å². The van der Waals surface area contributed by atoms with Crippen molar-refractivity contribution in [2.75, 3.05) is 5.32 Å². The topological polar surface area (TPSA) is 79.3 Å². The molecule has 1 aromatic carbocycles. The van der Waals surface area contributed by atoms with E-state index in [1.807, 2.05) is 0 Å². The maximum Gasteiger partial charge on any atom is 0.337 e. The number of halogens is 2. The van der Waals surface area contributed by atoms with Gasteiger partial charge in [0, 0.05) is 10.7 Å². The normalized spacial score (nSPS) is 10.1. The van der Waals surface area contributed by atoms with Crippen molar-refractivity contribution in [3.8, 4) is 0 Å². The monoisotopic (exact) mass is 354 g/mol. The molecule has 0 bridgehead atoms. The molecule has 1 heterocycles. The molecule has 0 atom stereocenters. The van der Waals surface area contributed by atoms with Crippen LogP contribution in [0.1, 0.15) is 20.7 Å². The standard InChI is InChI=1S/C13H8BrClN2O3/c14-8-2-3-10(9(5-8)13(19)20)17-12(18)7-1-4-11(15)16-6-7/h1-6H,(H,17,18)(H,19,20). The highest BCUT2D eigenvalue weighted by Gasteiger charge is 2.14. The maximum absolute atomic E-state index is 12.0. The van der Waals surface area contributed by atoms with Crippen molar-refractivity contribution >= 4 is 45.1 Å². The summed E-state index contributed by atoms with van der Waals surface area (Å²) in [5.74, 6) is -1.59. The molecule has 5 nitrogen and oxygen atoms in total. The molecule has 0 unspecified atom stereocenters. The zero-order valence-electron chi connectivity index (χ0n) is 9.93. The SMILES string of the molecule is O=C(Nc1ccc(Br)cc1C(=O)O)c1ccc(Cl)nc1. The highest BCUT2D eigenvalue weighted by atomic mass is 79.9. The van der Waals surface area contributed by atoms with E-state index < -0.39 is 11.9 Å². The van der Waals surface area contributed by atoms with Crippen LogP contribution in [0.3, 0.4) is 0 Å². The predicted octanol–water partition coefficient (Wildman–Crippen LogP) is 3.45. The predicted molar refractivity (Wildman–Crippen MR) is 78.3 cm³/mol. The van der Waals surface area contributed by atoms with E-state index in [4.69, 9.17) is 16.7 Å². The highest BCUT2D eigenvalue weighted by molar-refractivity contribution is 9.10. The third-order valence-corrected chi connectivity index (χ3v) is 3.17. The van der Waals surface area contributed by atoms with E-state index >= 15 is 0 Å². The number of hydrogen-bond acceptors (Lipinski definition) is 3. The smallest absolute Gasteiger partial charge is 0.337 e. The van der Waals surface area contributed by atoms with Gasteiger partial charge in [-0.25, -0.2) is 9.78 Å². The largest absolute Gasteiger partial charge is 0.478 e. The van der Waals surface area contributed by atoms with Crippen LogP contribution in [0, 0.1) is 0 Å². The fraction of sp³-hybridized carbons (Fsp3) is 0. The van der Waals surface area contributed by atoms with E-state index in [-0.39, 0.29) is 22.0 Å². The number of carboxylic acid groups (broad SMARTS) is 1. The summed E-state index contributed by atoms with van der Waals surface area (Å²) in [6.45, 7) is 0. The number of carbonyl (C=O) groups excluding carboxylic acids is 1. The quantitative estimate of drug-likeness (QED) is 0.827. The molecule has 0 saturated heterocycles. The van der Waals surface area contributed by atoms with E-state index in [1.165, 1.54) is 30.5 Å². The van der Waals surface area contributed by atoms with E-state index in [2.05, 4.69) is 26.2 Å². The Labute approximate surface area is 127 Å². The van der Waals surface area contributed by atoms with Crippen LogP contribution >= 0.6 is 27.5 Å². The van der Waals surface area contributed by atoms with E-state index in [1.54, 1.807) is 6.07 Å². The lowest BCUT2D eigenvalue weighted by atomic mass is 10.1. The molecule has 0 radical (unpaired) electrons. The van der Waals surface area contributed by atoms with Gasteiger partial charge in [-0.15, -0.1) is 0 Å². The summed E-state index contributed by atoms with van der Waals surface area (Å²) in [5, 5.41) is 11.9. The van der Waals surface area contributed by atoms with Crippen molar-refractivity contribution in [3.63, 3.8) is 0 Å². The molecule has 102 valence electrons. The Hall–Kier alpha value is -1.92. The van der Waals surface area contributed by atoms with Crippen LogP contribution < -0.4 is 5.32 Å². The summed E-state index contributed by atoms with van der Waals surface area (Å²) in [7, 11) is 0. The molecule has 0 spiro atoms. The van der Waals surface area contributed by atoms with E-state index in [0.717, 1.165) is 0 Å². The molecule has 7 heteroatoms. The fourth-order valence-electron chi connectivity index (χ4n) is 1.51. The van der Waals surface area contributed by atoms with Gasteiger partial charge in [-0.3, -0.25) is 4.79 Å². The zero-order valence-corrected chi connectivity index (χ0v) is 12.3. The number of benzene rings is 1. The molecule has 1 aromatic heterocycles. The molecular formula is C13H8BrClN2O3. The lowest BCUT2D eigenvalue weighted by molar-refractivity contribution is 0.0698. The Balaban J connectivity index is 2.28. The Morgan fingerprint density at radius 2 is 2.00 bits per heavy atom. The summed E-state index contributed by atoms with van der Waals surface area (Å²) < 4.78 is 0.612. The first-order valence-corrected chi connectivity index (χ1v) is 6.60.